The Kier molecular flexibility index (Phi) is 4.48. The van der Waals surface area contributed by atoms with Crippen LogP contribution in [-0.4, -0.2) is 31.5 Å². The summed E-state index contributed by atoms with van der Waals surface area (Å²) in [5, 5.41) is 20.2. The average Bonchev–Trinajstić information content (AvgIpc) is 3.13. The highest BCUT2D eigenvalue weighted by Crippen LogP contribution is 2.21. The van der Waals surface area contributed by atoms with Crippen molar-refractivity contribution < 1.29 is 4.42 Å². The van der Waals surface area contributed by atoms with E-state index in [1.54, 1.807) is 0 Å². The molecule has 0 aliphatic carbocycles. The van der Waals surface area contributed by atoms with E-state index in [0.717, 1.165) is 44.0 Å². The first kappa shape index (κ1) is 16.1. The van der Waals surface area contributed by atoms with Gasteiger partial charge in [-0.2, -0.15) is 0 Å². The summed E-state index contributed by atoms with van der Waals surface area (Å²) in [6.07, 6.45) is 3.09. The number of fused-ring (bicyclic) bond motifs is 1. The molecule has 0 amide bonds. The van der Waals surface area contributed by atoms with E-state index in [1.807, 2.05) is 0 Å². The van der Waals surface area contributed by atoms with Crippen LogP contribution in [0.1, 0.15) is 57.5 Å². The minimum absolute atomic E-state index is 0.101. The molecule has 1 aliphatic heterocycles. The largest absolute Gasteiger partial charge is 0.423 e. The van der Waals surface area contributed by atoms with Crippen LogP contribution < -0.4 is 5.32 Å². The lowest BCUT2D eigenvalue weighted by molar-refractivity contribution is 0.327. The maximum atomic E-state index is 5.71. The Balaban J connectivity index is 1.51. The van der Waals surface area contributed by atoms with Gasteiger partial charge in [-0.3, -0.25) is 0 Å². The van der Waals surface area contributed by atoms with E-state index in [1.165, 1.54) is 0 Å². The highest BCUT2D eigenvalue weighted by Gasteiger charge is 2.23. The molecule has 7 heteroatoms. The molecule has 0 bridgehead atoms. The van der Waals surface area contributed by atoms with Gasteiger partial charge in [0.15, 0.2) is 0 Å². The second kappa shape index (κ2) is 6.39. The van der Waals surface area contributed by atoms with Gasteiger partial charge in [-0.05, 0) is 12.3 Å². The van der Waals surface area contributed by atoms with Gasteiger partial charge in [-0.15, -0.1) is 20.4 Å². The smallest absolute Gasteiger partial charge is 0.230 e. The number of hydrogen-bond acceptors (Lipinski definition) is 6. The van der Waals surface area contributed by atoms with Crippen molar-refractivity contribution in [2.45, 2.75) is 65.5 Å². The first-order valence-electron chi connectivity index (χ1n) is 8.42. The molecule has 0 spiro atoms. The van der Waals surface area contributed by atoms with Gasteiger partial charge in [0.25, 0.3) is 0 Å². The highest BCUT2D eigenvalue weighted by molar-refractivity contribution is 5.00. The summed E-state index contributed by atoms with van der Waals surface area (Å²) in [4.78, 5) is 0. The van der Waals surface area contributed by atoms with E-state index in [2.05, 4.69) is 58.0 Å². The molecule has 0 aromatic carbocycles. The molecule has 1 atom stereocenters. The predicted molar refractivity (Wildman–Crippen MR) is 85.9 cm³/mol. The number of rotatable bonds is 5. The third kappa shape index (κ3) is 3.60. The predicted octanol–water partition coefficient (Wildman–Crippen LogP) is 1.87. The summed E-state index contributed by atoms with van der Waals surface area (Å²) >= 11 is 0. The van der Waals surface area contributed by atoms with E-state index in [-0.39, 0.29) is 5.41 Å². The zero-order chi connectivity index (χ0) is 16.4. The minimum atomic E-state index is -0.101. The third-order valence-electron chi connectivity index (χ3n) is 4.25. The fraction of sp³-hybridized carbons (Fsp3) is 0.750. The quantitative estimate of drug-likeness (QED) is 0.906. The van der Waals surface area contributed by atoms with Crippen LogP contribution in [0, 0.1) is 5.92 Å². The lowest BCUT2D eigenvalue weighted by atomic mass is 9.97. The van der Waals surface area contributed by atoms with Gasteiger partial charge in [0.2, 0.25) is 11.8 Å². The average molecular weight is 318 g/mol. The van der Waals surface area contributed by atoms with Crippen LogP contribution in [0.15, 0.2) is 4.42 Å². The van der Waals surface area contributed by atoms with Crippen molar-refractivity contribution in [3.63, 3.8) is 0 Å². The van der Waals surface area contributed by atoms with Crippen LogP contribution >= 0.6 is 0 Å². The molecule has 2 aromatic rings. The minimum Gasteiger partial charge on any atom is -0.423 e. The molecule has 0 saturated carbocycles. The zero-order valence-electron chi connectivity index (χ0n) is 14.5. The van der Waals surface area contributed by atoms with Crippen LogP contribution in [0.4, 0.5) is 0 Å². The zero-order valence-corrected chi connectivity index (χ0v) is 14.5. The summed E-state index contributed by atoms with van der Waals surface area (Å²) in [7, 11) is 0. The molecule has 1 N–H and O–H groups in total. The summed E-state index contributed by atoms with van der Waals surface area (Å²) in [6, 6.07) is 0. The van der Waals surface area contributed by atoms with Gasteiger partial charge in [-0.1, -0.05) is 27.7 Å². The Morgan fingerprint density at radius 1 is 1.22 bits per heavy atom. The number of aromatic nitrogens is 5. The Labute approximate surface area is 136 Å². The van der Waals surface area contributed by atoms with Gasteiger partial charge in [0, 0.05) is 31.3 Å². The third-order valence-corrected chi connectivity index (χ3v) is 4.25. The lowest BCUT2D eigenvalue weighted by Gasteiger charge is -2.24. The second-order valence-electron chi connectivity index (χ2n) is 7.28. The number of hydrogen-bond donors (Lipinski definition) is 1. The molecule has 1 aliphatic rings. The number of nitrogens with zero attached hydrogens (tertiary/aromatic N) is 5. The second-order valence-corrected chi connectivity index (χ2v) is 7.28. The SMILES string of the molecule is CCc1nnc2n1C[C@@H](CNCc1nnc(C(C)(C)C)o1)CC2. The summed E-state index contributed by atoms with van der Waals surface area (Å²) < 4.78 is 7.99. The molecule has 7 nitrogen and oxygen atoms in total. The summed E-state index contributed by atoms with van der Waals surface area (Å²) in [6.45, 7) is 10.9. The lowest BCUT2D eigenvalue weighted by Crippen LogP contribution is -2.30. The normalized spacial score (nSPS) is 18.2. The van der Waals surface area contributed by atoms with Crippen molar-refractivity contribution in [1.29, 1.82) is 0 Å². The molecule has 0 radical (unpaired) electrons. The van der Waals surface area contributed by atoms with E-state index in [0.29, 0.717) is 24.2 Å². The summed E-state index contributed by atoms with van der Waals surface area (Å²) in [5.41, 5.74) is -0.101. The monoisotopic (exact) mass is 318 g/mol. The molecule has 2 aromatic heterocycles. The van der Waals surface area contributed by atoms with Crippen LogP contribution in [0.2, 0.25) is 0 Å². The van der Waals surface area contributed by atoms with Crippen LogP contribution in [0.25, 0.3) is 0 Å². The maximum absolute atomic E-state index is 5.71. The van der Waals surface area contributed by atoms with Crippen molar-refractivity contribution in [3.05, 3.63) is 23.4 Å². The van der Waals surface area contributed by atoms with Crippen molar-refractivity contribution in [3.8, 4) is 0 Å². The number of nitrogens with one attached hydrogen (secondary N) is 1. The van der Waals surface area contributed by atoms with E-state index in [4.69, 9.17) is 4.42 Å². The maximum Gasteiger partial charge on any atom is 0.230 e. The van der Waals surface area contributed by atoms with E-state index < -0.39 is 0 Å². The molecule has 126 valence electrons. The van der Waals surface area contributed by atoms with Gasteiger partial charge < -0.3 is 14.3 Å². The molecule has 3 heterocycles. The molecular formula is C16H26N6O. The van der Waals surface area contributed by atoms with Gasteiger partial charge in [0.05, 0.1) is 6.54 Å². The van der Waals surface area contributed by atoms with Crippen LogP contribution in [0.3, 0.4) is 0 Å². The molecule has 0 saturated heterocycles. The van der Waals surface area contributed by atoms with Crippen LogP contribution in [-0.2, 0) is 31.3 Å². The molecule has 23 heavy (non-hydrogen) atoms. The van der Waals surface area contributed by atoms with Crippen molar-refractivity contribution in [1.82, 2.24) is 30.3 Å². The number of aryl methyl sites for hydroxylation is 2. The van der Waals surface area contributed by atoms with Gasteiger partial charge >= 0.3 is 0 Å². The molecule has 3 rings (SSSR count). The van der Waals surface area contributed by atoms with E-state index >= 15 is 0 Å². The fourth-order valence-corrected chi connectivity index (χ4v) is 2.89. The Bertz CT molecular complexity index is 640. The topological polar surface area (TPSA) is 81.7 Å². The molecular weight excluding hydrogens is 292 g/mol. The Morgan fingerprint density at radius 2 is 2.04 bits per heavy atom. The van der Waals surface area contributed by atoms with Crippen molar-refractivity contribution >= 4 is 0 Å². The molecule has 0 fully saturated rings. The van der Waals surface area contributed by atoms with Gasteiger partial charge in [-0.25, -0.2) is 0 Å². The first-order chi connectivity index (χ1) is 11.0. The highest BCUT2D eigenvalue weighted by atomic mass is 16.4. The first-order valence-corrected chi connectivity index (χ1v) is 8.42. The van der Waals surface area contributed by atoms with Gasteiger partial charge in [0.1, 0.15) is 11.6 Å². The van der Waals surface area contributed by atoms with Crippen molar-refractivity contribution in [2.75, 3.05) is 6.54 Å². The molecule has 0 unspecified atom stereocenters. The van der Waals surface area contributed by atoms with E-state index in [9.17, 15) is 0 Å². The Hall–Kier alpha value is -1.76. The van der Waals surface area contributed by atoms with Crippen LogP contribution in [0.5, 0.6) is 0 Å². The Morgan fingerprint density at radius 3 is 2.74 bits per heavy atom. The summed E-state index contributed by atoms with van der Waals surface area (Å²) in [5.74, 6) is 4.16. The standard InChI is InChI=1S/C16H26N6O/c1-5-12-18-19-13-7-6-11(10-22(12)13)8-17-9-14-20-21-15(23-14)16(2,3)4/h11,17H,5-10H2,1-4H3/t11-/m1/s1. The fourth-order valence-electron chi connectivity index (χ4n) is 2.89. The van der Waals surface area contributed by atoms with Crippen molar-refractivity contribution in [2.24, 2.45) is 5.92 Å².